The van der Waals surface area contributed by atoms with E-state index in [1.165, 1.54) is 19.3 Å². The molecule has 1 aromatic carbocycles. The van der Waals surface area contributed by atoms with E-state index < -0.39 is 0 Å². The van der Waals surface area contributed by atoms with Crippen LogP contribution in [0.2, 0.25) is 5.02 Å². The minimum absolute atomic E-state index is 0.0452. The predicted octanol–water partition coefficient (Wildman–Crippen LogP) is 3.41. The highest BCUT2D eigenvalue weighted by Crippen LogP contribution is 2.23. The van der Waals surface area contributed by atoms with E-state index in [0.29, 0.717) is 22.7 Å². The summed E-state index contributed by atoms with van der Waals surface area (Å²) in [4.78, 5) is 11.8. The highest BCUT2D eigenvalue weighted by Gasteiger charge is 2.22. The zero-order valence-corrected chi connectivity index (χ0v) is 12.0. The summed E-state index contributed by atoms with van der Waals surface area (Å²) in [6.45, 7) is 2.24. The predicted molar refractivity (Wildman–Crippen MR) is 76.5 cm³/mol. The number of hydrogen-bond acceptors (Lipinski definition) is 2. The molecule has 4 heteroatoms. The minimum atomic E-state index is -0.0567. The van der Waals surface area contributed by atoms with Crippen LogP contribution in [0.25, 0.3) is 0 Å². The molecule has 0 radical (unpaired) electrons. The molecule has 1 saturated carbocycles. The third-order valence-corrected chi connectivity index (χ3v) is 3.86. The van der Waals surface area contributed by atoms with Crippen LogP contribution in [0.5, 0.6) is 5.75 Å². The van der Waals surface area contributed by atoms with Crippen LogP contribution in [-0.2, 0) is 4.79 Å². The van der Waals surface area contributed by atoms with Gasteiger partial charge in [0, 0.05) is 11.1 Å². The van der Waals surface area contributed by atoms with E-state index in [1.807, 2.05) is 0 Å². The highest BCUT2D eigenvalue weighted by molar-refractivity contribution is 6.30. The Hall–Kier alpha value is -1.22. The Morgan fingerprint density at radius 1 is 1.42 bits per heavy atom. The quantitative estimate of drug-likeness (QED) is 0.918. The number of hydrogen-bond donors (Lipinski definition) is 1. The second-order valence-corrected chi connectivity index (χ2v) is 5.62. The molecule has 0 aromatic heterocycles. The fraction of sp³-hybridized carbons (Fsp3) is 0.533. The summed E-state index contributed by atoms with van der Waals surface area (Å²) in [7, 11) is 0. The number of halogens is 1. The van der Waals surface area contributed by atoms with Crippen molar-refractivity contribution < 1.29 is 9.53 Å². The van der Waals surface area contributed by atoms with E-state index in [4.69, 9.17) is 16.3 Å². The van der Waals surface area contributed by atoms with Crippen LogP contribution in [0, 0.1) is 5.92 Å². The van der Waals surface area contributed by atoms with Gasteiger partial charge < -0.3 is 10.1 Å². The normalized spacial score (nSPS) is 22.8. The number of amides is 1. The zero-order valence-electron chi connectivity index (χ0n) is 11.2. The van der Waals surface area contributed by atoms with E-state index in [9.17, 15) is 4.79 Å². The second-order valence-electron chi connectivity index (χ2n) is 5.18. The van der Waals surface area contributed by atoms with Crippen molar-refractivity contribution in [2.24, 2.45) is 5.92 Å². The van der Waals surface area contributed by atoms with Gasteiger partial charge in [-0.05, 0) is 37.0 Å². The van der Waals surface area contributed by atoms with E-state index in [2.05, 4.69) is 12.2 Å². The number of carbonyl (C=O) groups excluding carboxylic acids is 1. The van der Waals surface area contributed by atoms with Gasteiger partial charge in [0.15, 0.2) is 6.61 Å². The van der Waals surface area contributed by atoms with Crippen molar-refractivity contribution in [3.8, 4) is 5.75 Å². The van der Waals surface area contributed by atoms with Gasteiger partial charge in [0.25, 0.3) is 5.91 Å². The molecule has 0 heterocycles. The number of rotatable bonds is 4. The lowest BCUT2D eigenvalue weighted by molar-refractivity contribution is -0.124. The Labute approximate surface area is 119 Å². The lowest BCUT2D eigenvalue weighted by atomic mass is 9.86. The van der Waals surface area contributed by atoms with Crippen molar-refractivity contribution in [2.75, 3.05) is 6.61 Å². The smallest absolute Gasteiger partial charge is 0.258 e. The molecule has 2 atom stereocenters. The van der Waals surface area contributed by atoms with Crippen molar-refractivity contribution in [1.82, 2.24) is 5.32 Å². The Morgan fingerprint density at radius 2 is 2.21 bits per heavy atom. The van der Waals surface area contributed by atoms with Gasteiger partial charge in [-0.3, -0.25) is 4.79 Å². The Bertz CT molecular complexity index is 436. The first-order chi connectivity index (χ1) is 9.15. The maximum Gasteiger partial charge on any atom is 0.258 e. The topological polar surface area (TPSA) is 38.3 Å². The first-order valence-electron chi connectivity index (χ1n) is 6.83. The minimum Gasteiger partial charge on any atom is -0.484 e. The highest BCUT2D eigenvalue weighted by atomic mass is 35.5. The molecule has 1 aliphatic carbocycles. The first-order valence-corrected chi connectivity index (χ1v) is 7.20. The van der Waals surface area contributed by atoms with E-state index in [1.54, 1.807) is 24.3 Å². The largest absolute Gasteiger partial charge is 0.484 e. The summed E-state index contributed by atoms with van der Waals surface area (Å²) in [5.41, 5.74) is 0. The van der Waals surface area contributed by atoms with Crippen LogP contribution in [0.3, 0.4) is 0 Å². The summed E-state index contributed by atoms with van der Waals surface area (Å²) in [6.07, 6.45) is 4.74. The molecular weight excluding hydrogens is 262 g/mol. The van der Waals surface area contributed by atoms with Crippen LogP contribution >= 0.6 is 11.6 Å². The van der Waals surface area contributed by atoms with Gasteiger partial charge in [-0.25, -0.2) is 0 Å². The van der Waals surface area contributed by atoms with E-state index in [0.717, 1.165) is 6.42 Å². The number of benzene rings is 1. The number of nitrogens with one attached hydrogen (secondary N) is 1. The summed E-state index contributed by atoms with van der Waals surface area (Å²) >= 11 is 5.85. The van der Waals surface area contributed by atoms with Crippen molar-refractivity contribution >= 4 is 17.5 Å². The Morgan fingerprint density at radius 3 is 2.95 bits per heavy atom. The molecule has 104 valence electrons. The third-order valence-electron chi connectivity index (χ3n) is 3.62. The lowest BCUT2D eigenvalue weighted by Crippen LogP contribution is -2.43. The van der Waals surface area contributed by atoms with E-state index in [-0.39, 0.29) is 12.5 Å². The molecule has 0 bridgehead atoms. The molecule has 1 amide bonds. The van der Waals surface area contributed by atoms with Crippen molar-refractivity contribution in [3.63, 3.8) is 0 Å². The van der Waals surface area contributed by atoms with Gasteiger partial charge in [0.1, 0.15) is 5.75 Å². The van der Waals surface area contributed by atoms with Gasteiger partial charge in [0.2, 0.25) is 0 Å². The fourth-order valence-electron chi connectivity index (χ4n) is 2.48. The molecule has 2 unspecified atom stereocenters. The lowest BCUT2D eigenvalue weighted by Gasteiger charge is -2.29. The molecule has 1 aliphatic rings. The third kappa shape index (κ3) is 4.43. The molecule has 0 spiro atoms. The SMILES string of the molecule is CC1CCCCC1NC(=O)COc1cccc(Cl)c1. The molecule has 19 heavy (non-hydrogen) atoms. The average Bonchev–Trinajstić information content (AvgIpc) is 2.39. The van der Waals surface area contributed by atoms with Crippen LogP contribution < -0.4 is 10.1 Å². The summed E-state index contributed by atoms with van der Waals surface area (Å²) in [5.74, 6) is 1.13. The maximum atomic E-state index is 11.8. The molecule has 1 aromatic rings. The fourth-order valence-corrected chi connectivity index (χ4v) is 2.67. The monoisotopic (exact) mass is 281 g/mol. The van der Waals surface area contributed by atoms with Gasteiger partial charge >= 0.3 is 0 Å². The maximum absolute atomic E-state index is 11.8. The Balaban J connectivity index is 1.78. The van der Waals surface area contributed by atoms with Gasteiger partial charge in [-0.15, -0.1) is 0 Å². The van der Waals surface area contributed by atoms with Crippen molar-refractivity contribution in [1.29, 1.82) is 0 Å². The van der Waals surface area contributed by atoms with Crippen LogP contribution in [-0.4, -0.2) is 18.6 Å². The summed E-state index contributed by atoms with van der Waals surface area (Å²) in [5, 5.41) is 3.67. The molecule has 0 aliphatic heterocycles. The van der Waals surface area contributed by atoms with Crippen LogP contribution in [0.1, 0.15) is 32.6 Å². The number of ether oxygens (including phenoxy) is 1. The van der Waals surface area contributed by atoms with Gasteiger partial charge in [-0.2, -0.15) is 0 Å². The van der Waals surface area contributed by atoms with Gasteiger partial charge in [0.05, 0.1) is 0 Å². The van der Waals surface area contributed by atoms with Crippen LogP contribution in [0.4, 0.5) is 0 Å². The van der Waals surface area contributed by atoms with Crippen molar-refractivity contribution in [2.45, 2.75) is 38.6 Å². The second kappa shape index (κ2) is 6.80. The van der Waals surface area contributed by atoms with Gasteiger partial charge in [-0.1, -0.05) is 37.4 Å². The van der Waals surface area contributed by atoms with E-state index >= 15 is 0 Å². The summed E-state index contributed by atoms with van der Waals surface area (Å²) in [6, 6.07) is 7.38. The van der Waals surface area contributed by atoms with Crippen LogP contribution in [0.15, 0.2) is 24.3 Å². The summed E-state index contributed by atoms with van der Waals surface area (Å²) < 4.78 is 5.43. The Kier molecular flexibility index (Phi) is 5.08. The molecule has 1 fully saturated rings. The first kappa shape index (κ1) is 14.2. The molecule has 1 N–H and O–H groups in total. The molecule has 0 saturated heterocycles. The molecule has 2 rings (SSSR count). The van der Waals surface area contributed by atoms with Crippen molar-refractivity contribution in [3.05, 3.63) is 29.3 Å². The molecule has 3 nitrogen and oxygen atoms in total. The zero-order chi connectivity index (χ0) is 13.7. The number of carbonyl (C=O) groups is 1. The standard InChI is InChI=1S/C15H20ClNO2/c1-11-5-2-3-8-14(11)17-15(18)10-19-13-7-4-6-12(16)9-13/h4,6-7,9,11,14H,2-3,5,8,10H2,1H3,(H,17,18). The molecular formula is C15H20ClNO2. The average molecular weight is 282 g/mol.